The summed E-state index contributed by atoms with van der Waals surface area (Å²) in [7, 11) is 5.46. The molecule has 144 valence electrons. The molecule has 0 aliphatic rings. The fourth-order valence-electron chi connectivity index (χ4n) is 2.83. The van der Waals surface area contributed by atoms with Gasteiger partial charge in [0.15, 0.2) is 11.5 Å². The van der Waals surface area contributed by atoms with Gasteiger partial charge >= 0.3 is 0 Å². The minimum absolute atomic E-state index is 0.374. The van der Waals surface area contributed by atoms with Crippen molar-refractivity contribution in [1.82, 2.24) is 0 Å². The van der Waals surface area contributed by atoms with Gasteiger partial charge in [0.25, 0.3) is 0 Å². The molecule has 3 rings (SSSR count). The summed E-state index contributed by atoms with van der Waals surface area (Å²) in [5.41, 5.74) is 2.20. The fraction of sp³-hybridized carbons (Fsp3) is 0.174. The van der Waals surface area contributed by atoms with Crippen molar-refractivity contribution in [2.45, 2.75) is 6.61 Å². The van der Waals surface area contributed by atoms with Gasteiger partial charge in [-0.2, -0.15) is 0 Å². The topological polar surface area (TPSA) is 40.0 Å². The van der Waals surface area contributed by atoms with Gasteiger partial charge in [0.2, 0.25) is 0 Å². The number of hydrogen-bond acceptors (Lipinski definition) is 4. The molecule has 28 heavy (non-hydrogen) atoms. The van der Waals surface area contributed by atoms with Crippen molar-refractivity contribution in [3.63, 3.8) is 0 Å². The molecule has 5 heteroatoms. The molecule has 4 nitrogen and oxygen atoms in total. The number of methoxy groups -OCH3 is 2. The number of benzene rings is 3. The van der Waals surface area contributed by atoms with Gasteiger partial charge < -0.3 is 14.2 Å². The van der Waals surface area contributed by atoms with Gasteiger partial charge in [0.05, 0.1) is 14.2 Å². The Labute approximate surface area is 168 Å². The SMILES string of the molecule is CN=Cc1ccccc1Pc1cc(OC)cc(OC)c1OCc1ccccc1. The first kappa shape index (κ1) is 19.9. The van der Waals surface area contributed by atoms with Crippen LogP contribution in [-0.2, 0) is 6.61 Å². The van der Waals surface area contributed by atoms with Crippen LogP contribution in [0, 0.1) is 0 Å². The van der Waals surface area contributed by atoms with Crippen LogP contribution in [0.4, 0.5) is 0 Å². The number of aliphatic imine (C=N–C) groups is 1. The number of rotatable bonds is 8. The third-order valence-corrected chi connectivity index (χ3v) is 5.57. The summed E-state index contributed by atoms with van der Waals surface area (Å²) < 4.78 is 17.3. The molecular formula is C23H24NO3P. The van der Waals surface area contributed by atoms with E-state index in [9.17, 15) is 0 Å². The third-order valence-electron chi connectivity index (χ3n) is 4.21. The van der Waals surface area contributed by atoms with Crippen LogP contribution < -0.4 is 24.8 Å². The maximum Gasteiger partial charge on any atom is 0.169 e. The highest BCUT2D eigenvalue weighted by Crippen LogP contribution is 2.34. The van der Waals surface area contributed by atoms with Crippen molar-refractivity contribution >= 4 is 25.4 Å². The van der Waals surface area contributed by atoms with Crippen LogP contribution in [-0.4, -0.2) is 27.5 Å². The van der Waals surface area contributed by atoms with Crippen molar-refractivity contribution in [2.24, 2.45) is 4.99 Å². The van der Waals surface area contributed by atoms with E-state index < -0.39 is 0 Å². The monoisotopic (exact) mass is 393 g/mol. The molecule has 0 heterocycles. The highest BCUT2D eigenvalue weighted by Gasteiger charge is 2.16. The van der Waals surface area contributed by atoms with Crippen molar-refractivity contribution in [1.29, 1.82) is 0 Å². The normalized spacial score (nSPS) is 11.2. The lowest BCUT2D eigenvalue weighted by Crippen LogP contribution is -2.13. The van der Waals surface area contributed by atoms with E-state index in [-0.39, 0.29) is 0 Å². The van der Waals surface area contributed by atoms with Crippen molar-refractivity contribution in [3.8, 4) is 17.2 Å². The summed E-state index contributed by atoms with van der Waals surface area (Å²) in [6.07, 6.45) is 1.88. The summed E-state index contributed by atoms with van der Waals surface area (Å²) >= 11 is 0. The van der Waals surface area contributed by atoms with Gasteiger partial charge in [0.1, 0.15) is 12.4 Å². The molecule has 3 aromatic rings. The van der Waals surface area contributed by atoms with Gasteiger partial charge in [-0.15, -0.1) is 0 Å². The van der Waals surface area contributed by atoms with E-state index >= 15 is 0 Å². The van der Waals surface area contributed by atoms with Crippen LogP contribution in [0.1, 0.15) is 11.1 Å². The van der Waals surface area contributed by atoms with Crippen molar-refractivity contribution < 1.29 is 14.2 Å². The summed E-state index contributed by atoms with van der Waals surface area (Å²) in [5, 5.41) is 2.22. The van der Waals surface area contributed by atoms with E-state index in [1.54, 1.807) is 21.3 Å². The Morgan fingerprint density at radius 3 is 2.36 bits per heavy atom. The Morgan fingerprint density at radius 1 is 0.893 bits per heavy atom. The second-order valence-corrected chi connectivity index (χ2v) is 7.41. The lowest BCUT2D eigenvalue weighted by Gasteiger charge is -2.17. The Balaban J connectivity index is 1.98. The quantitative estimate of drug-likeness (QED) is 0.430. The molecule has 0 saturated carbocycles. The first-order valence-electron chi connectivity index (χ1n) is 8.96. The maximum atomic E-state index is 6.21. The van der Waals surface area contributed by atoms with E-state index in [0.717, 1.165) is 27.9 Å². The predicted octanol–water partition coefficient (Wildman–Crippen LogP) is 3.96. The smallest absolute Gasteiger partial charge is 0.169 e. The molecule has 0 N–H and O–H groups in total. The molecule has 0 saturated heterocycles. The Hall–Kier alpha value is -2.84. The van der Waals surface area contributed by atoms with Crippen molar-refractivity contribution in [2.75, 3.05) is 21.3 Å². The van der Waals surface area contributed by atoms with Gasteiger partial charge in [-0.05, 0) is 22.5 Å². The summed E-state index contributed by atoms with van der Waals surface area (Å²) in [6, 6.07) is 22.2. The lowest BCUT2D eigenvalue weighted by molar-refractivity contribution is 0.286. The number of nitrogens with zero attached hydrogens (tertiary/aromatic N) is 1. The van der Waals surface area contributed by atoms with Gasteiger partial charge in [-0.3, -0.25) is 4.99 Å². The van der Waals surface area contributed by atoms with Gasteiger partial charge in [-0.25, -0.2) is 0 Å². The van der Waals surface area contributed by atoms with Crippen LogP contribution in [0.15, 0.2) is 71.7 Å². The zero-order valence-electron chi connectivity index (χ0n) is 16.3. The minimum Gasteiger partial charge on any atom is -0.497 e. The Morgan fingerprint density at radius 2 is 1.64 bits per heavy atom. The van der Waals surface area contributed by atoms with E-state index in [1.165, 1.54) is 5.30 Å². The molecule has 0 amide bonds. The molecule has 0 fully saturated rings. The zero-order valence-corrected chi connectivity index (χ0v) is 17.3. The second kappa shape index (κ2) is 9.91. The first-order chi connectivity index (χ1) is 13.7. The van der Waals surface area contributed by atoms with Crippen molar-refractivity contribution in [3.05, 3.63) is 77.9 Å². The molecule has 0 radical (unpaired) electrons. The van der Waals surface area contributed by atoms with Gasteiger partial charge in [0, 0.05) is 24.6 Å². The lowest BCUT2D eigenvalue weighted by atomic mass is 10.2. The fourth-order valence-corrected chi connectivity index (χ4v) is 4.11. The highest BCUT2D eigenvalue weighted by molar-refractivity contribution is 7.56. The van der Waals surface area contributed by atoms with Crippen LogP contribution in [0.5, 0.6) is 17.2 Å². The molecular weight excluding hydrogens is 369 g/mol. The third kappa shape index (κ3) is 4.90. The second-order valence-electron chi connectivity index (χ2n) is 6.08. The zero-order chi connectivity index (χ0) is 19.8. The molecule has 0 bridgehead atoms. The number of ether oxygens (including phenoxy) is 3. The van der Waals surface area contributed by atoms with E-state index in [1.807, 2.05) is 60.8 Å². The summed E-state index contributed by atoms with van der Waals surface area (Å²) in [6.45, 7) is 0.471. The standard InChI is InChI=1S/C23H24NO3P/c1-24-15-18-11-7-8-12-21(18)28-22-14-19(25-2)13-20(26-3)23(22)27-16-17-9-5-4-6-10-17/h4-15,28H,16H2,1-3H3. The van der Waals surface area contributed by atoms with Gasteiger partial charge in [-0.1, -0.05) is 63.2 Å². The van der Waals surface area contributed by atoms with E-state index in [0.29, 0.717) is 20.9 Å². The van der Waals surface area contributed by atoms with Crippen LogP contribution in [0.25, 0.3) is 0 Å². The largest absolute Gasteiger partial charge is 0.497 e. The maximum absolute atomic E-state index is 6.21. The molecule has 0 aromatic heterocycles. The highest BCUT2D eigenvalue weighted by atomic mass is 31.1. The Bertz CT molecular complexity index is 942. The molecule has 1 atom stereocenters. The average Bonchev–Trinajstić information content (AvgIpc) is 2.74. The molecule has 1 unspecified atom stereocenters. The molecule has 0 aliphatic carbocycles. The average molecular weight is 393 g/mol. The molecule has 0 aliphatic heterocycles. The van der Waals surface area contributed by atoms with E-state index in [2.05, 4.69) is 17.1 Å². The van der Waals surface area contributed by atoms with E-state index in [4.69, 9.17) is 14.2 Å². The van der Waals surface area contributed by atoms with Crippen LogP contribution >= 0.6 is 8.58 Å². The first-order valence-corrected chi connectivity index (χ1v) is 9.96. The predicted molar refractivity (Wildman–Crippen MR) is 118 cm³/mol. The minimum atomic E-state index is 0.374. The Kier molecular flexibility index (Phi) is 7.05. The van der Waals surface area contributed by atoms with Crippen LogP contribution in [0.2, 0.25) is 0 Å². The molecule has 3 aromatic carbocycles. The summed E-state index contributed by atoms with van der Waals surface area (Å²) in [4.78, 5) is 4.17. The summed E-state index contributed by atoms with van der Waals surface area (Å²) in [5.74, 6) is 2.15. The van der Waals surface area contributed by atoms with Crippen LogP contribution in [0.3, 0.4) is 0 Å². The molecule has 0 spiro atoms. The number of hydrogen-bond donors (Lipinski definition) is 0.